The van der Waals surface area contributed by atoms with Crippen LogP contribution in [0.3, 0.4) is 0 Å². The third-order valence-corrected chi connectivity index (χ3v) is 3.54. The molecule has 0 atom stereocenters. The molecule has 0 spiro atoms. The van der Waals surface area contributed by atoms with Gasteiger partial charge in [-0.2, -0.15) is 4.98 Å². The summed E-state index contributed by atoms with van der Waals surface area (Å²) < 4.78 is 31.3. The van der Waals surface area contributed by atoms with Gasteiger partial charge in [-0.15, -0.1) is 0 Å². The molecule has 128 valence electrons. The van der Waals surface area contributed by atoms with E-state index < -0.39 is 17.5 Å². The highest BCUT2D eigenvalue weighted by Gasteiger charge is 2.11. The fourth-order valence-corrected chi connectivity index (χ4v) is 2.36. The number of carbonyl (C=O) groups excluding carboxylic acids is 1. The molecule has 2 aromatic carbocycles. The van der Waals surface area contributed by atoms with E-state index in [-0.39, 0.29) is 18.5 Å². The van der Waals surface area contributed by atoms with Crippen molar-refractivity contribution in [2.45, 2.75) is 6.42 Å². The summed E-state index contributed by atoms with van der Waals surface area (Å²) in [5.41, 5.74) is 0.615. The van der Waals surface area contributed by atoms with Gasteiger partial charge in [-0.25, -0.2) is 8.78 Å². The van der Waals surface area contributed by atoms with E-state index in [4.69, 9.17) is 16.1 Å². The van der Waals surface area contributed by atoms with Crippen molar-refractivity contribution in [1.29, 1.82) is 0 Å². The molecule has 0 aliphatic heterocycles. The number of nitrogens with one attached hydrogen (secondary N) is 1. The highest BCUT2D eigenvalue weighted by molar-refractivity contribution is 6.30. The Hall–Kier alpha value is -2.80. The topological polar surface area (TPSA) is 68.0 Å². The molecule has 5 nitrogen and oxygen atoms in total. The van der Waals surface area contributed by atoms with E-state index in [1.54, 1.807) is 24.3 Å². The number of amides is 1. The van der Waals surface area contributed by atoms with Gasteiger partial charge in [0.1, 0.15) is 11.6 Å². The van der Waals surface area contributed by atoms with Crippen LogP contribution < -0.4 is 5.32 Å². The fraction of sp³-hybridized carbons (Fsp3) is 0.118. The summed E-state index contributed by atoms with van der Waals surface area (Å²) in [6.45, 7) is 0.175. The second-order valence-electron chi connectivity index (χ2n) is 5.19. The third kappa shape index (κ3) is 4.39. The second kappa shape index (κ2) is 7.40. The van der Waals surface area contributed by atoms with Crippen LogP contribution in [0.25, 0.3) is 11.4 Å². The standard InChI is InChI=1S/C17H12ClF2N3O2/c18-12-3-1-2-10(6-12)16-22-15(25-23-16)4-5-21-17(24)11-7-13(19)9-14(20)8-11/h1-3,6-9H,4-5H2,(H,21,24). The van der Waals surface area contributed by atoms with Crippen LogP contribution in [0, 0.1) is 11.6 Å². The van der Waals surface area contributed by atoms with Gasteiger partial charge in [0.15, 0.2) is 0 Å². The average molecular weight is 364 g/mol. The van der Waals surface area contributed by atoms with Gasteiger partial charge in [-0.05, 0) is 24.3 Å². The molecule has 0 bridgehead atoms. The molecule has 1 aromatic heterocycles. The number of hydrogen-bond donors (Lipinski definition) is 1. The van der Waals surface area contributed by atoms with Crippen molar-refractivity contribution >= 4 is 17.5 Å². The van der Waals surface area contributed by atoms with E-state index in [1.807, 2.05) is 0 Å². The molecular weight excluding hydrogens is 352 g/mol. The number of hydrogen-bond acceptors (Lipinski definition) is 4. The predicted octanol–water partition coefficient (Wildman–Crippen LogP) is 3.64. The summed E-state index contributed by atoms with van der Waals surface area (Å²) in [6, 6.07) is 9.62. The Morgan fingerprint density at radius 3 is 2.64 bits per heavy atom. The molecule has 0 fully saturated rings. The molecule has 3 rings (SSSR count). The summed E-state index contributed by atoms with van der Waals surface area (Å²) in [5.74, 6) is -1.51. The van der Waals surface area contributed by atoms with Crippen molar-refractivity contribution in [2.24, 2.45) is 0 Å². The number of nitrogens with zero attached hydrogens (tertiary/aromatic N) is 2. The summed E-state index contributed by atoms with van der Waals surface area (Å²) in [7, 11) is 0. The average Bonchev–Trinajstić information content (AvgIpc) is 3.03. The lowest BCUT2D eigenvalue weighted by molar-refractivity contribution is 0.0952. The molecule has 0 saturated carbocycles. The summed E-state index contributed by atoms with van der Waals surface area (Å²) in [4.78, 5) is 16.1. The first-order valence-electron chi connectivity index (χ1n) is 7.34. The molecule has 25 heavy (non-hydrogen) atoms. The minimum atomic E-state index is -0.812. The first-order valence-corrected chi connectivity index (χ1v) is 7.72. The minimum Gasteiger partial charge on any atom is -0.352 e. The first kappa shape index (κ1) is 17.0. The van der Waals surface area contributed by atoms with E-state index >= 15 is 0 Å². The Morgan fingerprint density at radius 2 is 1.92 bits per heavy atom. The van der Waals surface area contributed by atoms with Crippen molar-refractivity contribution in [2.75, 3.05) is 6.54 Å². The smallest absolute Gasteiger partial charge is 0.251 e. The molecule has 0 aliphatic carbocycles. The SMILES string of the molecule is O=C(NCCc1nc(-c2cccc(Cl)c2)no1)c1cc(F)cc(F)c1. The number of carbonyl (C=O) groups is 1. The Labute approximate surface area is 146 Å². The molecule has 1 heterocycles. The van der Waals surface area contributed by atoms with Gasteiger partial charge in [0.2, 0.25) is 11.7 Å². The van der Waals surface area contributed by atoms with Gasteiger partial charge in [0, 0.05) is 35.2 Å². The minimum absolute atomic E-state index is 0.0948. The van der Waals surface area contributed by atoms with Crippen LogP contribution in [0.15, 0.2) is 47.0 Å². The lowest BCUT2D eigenvalue weighted by atomic mass is 10.2. The van der Waals surface area contributed by atoms with Crippen molar-refractivity contribution in [3.8, 4) is 11.4 Å². The molecule has 1 amide bonds. The van der Waals surface area contributed by atoms with Crippen molar-refractivity contribution < 1.29 is 18.1 Å². The van der Waals surface area contributed by atoms with E-state index in [9.17, 15) is 13.6 Å². The lowest BCUT2D eigenvalue weighted by Gasteiger charge is -2.03. The monoisotopic (exact) mass is 363 g/mol. The van der Waals surface area contributed by atoms with Crippen LogP contribution in [0.1, 0.15) is 16.2 Å². The van der Waals surface area contributed by atoms with Gasteiger partial charge in [-0.3, -0.25) is 4.79 Å². The zero-order chi connectivity index (χ0) is 17.8. The number of halogens is 3. The molecule has 0 saturated heterocycles. The number of aromatic nitrogens is 2. The van der Waals surface area contributed by atoms with Gasteiger partial charge < -0.3 is 9.84 Å². The Bertz CT molecular complexity index is 894. The van der Waals surface area contributed by atoms with Gasteiger partial charge in [0.05, 0.1) is 0 Å². The maximum Gasteiger partial charge on any atom is 0.251 e. The van der Waals surface area contributed by atoms with Crippen LogP contribution in [-0.2, 0) is 6.42 Å². The van der Waals surface area contributed by atoms with Crippen LogP contribution in [0.4, 0.5) is 8.78 Å². The van der Waals surface area contributed by atoms with Gasteiger partial charge in [-0.1, -0.05) is 28.9 Å². The highest BCUT2D eigenvalue weighted by atomic mass is 35.5. The maximum absolute atomic E-state index is 13.1. The van der Waals surface area contributed by atoms with Crippen LogP contribution in [0.2, 0.25) is 5.02 Å². The number of benzene rings is 2. The molecular formula is C17H12ClF2N3O2. The normalized spacial score (nSPS) is 10.7. The third-order valence-electron chi connectivity index (χ3n) is 3.30. The Morgan fingerprint density at radius 1 is 1.16 bits per heavy atom. The van der Waals surface area contributed by atoms with Crippen LogP contribution in [-0.4, -0.2) is 22.6 Å². The fourth-order valence-electron chi connectivity index (χ4n) is 2.17. The molecule has 1 N–H and O–H groups in total. The van der Waals surface area contributed by atoms with E-state index in [2.05, 4.69) is 15.5 Å². The summed E-state index contributed by atoms with van der Waals surface area (Å²) >= 11 is 5.91. The van der Waals surface area contributed by atoms with E-state index in [1.165, 1.54) is 0 Å². The zero-order valence-electron chi connectivity index (χ0n) is 12.8. The lowest BCUT2D eigenvalue weighted by Crippen LogP contribution is -2.26. The Balaban J connectivity index is 1.58. The molecule has 0 radical (unpaired) electrons. The first-order chi connectivity index (χ1) is 12.0. The van der Waals surface area contributed by atoms with Crippen LogP contribution >= 0.6 is 11.6 Å². The molecule has 0 aliphatic rings. The predicted molar refractivity (Wildman–Crippen MR) is 87.1 cm³/mol. The van der Waals surface area contributed by atoms with Crippen molar-refractivity contribution in [1.82, 2.24) is 15.5 Å². The van der Waals surface area contributed by atoms with Crippen molar-refractivity contribution in [3.05, 3.63) is 70.6 Å². The Kier molecular flexibility index (Phi) is 5.04. The molecule has 8 heteroatoms. The van der Waals surface area contributed by atoms with Gasteiger partial charge in [0.25, 0.3) is 5.91 Å². The largest absolute Gasteiger partial charge is 0.352 e. The summed E-state index contributed by atoms with van der Waals surface area (Å²) in [5, 5.41) is 6.94. The van der Waals surface area contributed by atoms with E-state index in [0.29, 0.717) is 28.4 Å². The van der Waals surface area contributed by atoms with E-state index in [0.717, 1.165) is 12.1 Å². The second-order valence-corrected chi connectivity index (χ2v) is 5.62. The van der Waals surface area contributed by atoms with Gasteiger partial charge >= 0.3 is 0 Å². The highest BCUT2D eigenvalue weighted by Crippen LogP contribution is 2.19. The summed E-state index contributed by atoms with van der Waals surface area (Å²) in [6.07, 6.45) is 0.275. The zero-order valence-corrected chi connectivity index (χ0v) is 13.6. The maximum atomic E-state index is 13.1. The number of rotatable bonds is 5. The van der Waals surface area contributed by atoms with Crippen LogP contribution in [0.5, 0.6) is 0 Å². The molecule has 0 unspecified atom stereocenters. The van der Waals surface area contributed by atoms with Crippen molar-refractivity contribution in [3.63, 3.8) is 0 Å². The quantitative estimate of drug-likeness (QED) is 0.751. The molecule has 3 aromatic rings.